The minimum absolute atomic E-state index is 0.0104. The summed E-state index contributed by atoms with van der Waals surface area (Å²) in [6.45, 7) is 1.57. The quantitative estimate of drug-likeness (QED) is 0.210. The number of benzene rings is 2. The minimum atomic E-state index is -0.799. The fourth-order valence-electron chi connectivity index (χ4n) is 6.79. The molecule has 4 aliphatic carbocycles. The maximum Gasteiger partial charge on any atom is 0.343 e. The fourth-order valence-corrected chi connectivity index (χ4v) is 6.79. The lowest BCUT2D eigenvalue weighted by atomic mass is 9.48. The monoisotopic (exact) mass is 464 g/mol. The smallest absolute Gasteiger partial charge is 0.343 e. The van der Waals surface area contributed by atoms with Crippen LogP contribution in [0.3, 0.4) is 0 Å². The molecule has 0 N–H and O–H groups in total. The summed E-state index contributed by atoms with van der Waals surface area (Å²) < 4.78 is 22.8. The Labute approximate surface area is 200 Å². The molecule has 6 nitrogen and oxygen atoms in total. The molecule has 0 aromatic heterocycles. The van der Waals surface area contributed by atoms with E-state index in [-0.39, 0.29) is 5.41 Å². The number of rotatable bonds is 9. The second-order valence-electron chi connectivity index (χ2n) is 10.1. The van der Waals surface area contributed by atoms with E-state index in [4.69, 9.17) is 18.9 Å². The number of hydrogen-bond donors (Lipinski definition) is 0. The van der Waals surface area contributed by atoms with Crippen molar-refractivity contribution in [3.05, 3.63) is 59.2 Å². The number of methoxy groups -OCH3 is 1. The molecule has 4 bridgehead atoms. The Morgan fingerprint density at radius 3 is 2.24 bits per heavy atom. The van der Waals surface area contributed by atoms with E-state index >= 15 is 0 Å². The molecule has 4 fully saturated rings. The van der Waals surface area contributed by atoms with Gasteiger partial charge >= 0.3 is 12.4 Å². The molecule has 0 spiro atoms. The highest BCUT2D eigenvalue weighted by atomic mass is 16.8. The molecule has 4 saturated carbocycles. The fraction of sp³-hybridized carbons (Fsp3) is 0.500. The highest BCUT2D eigenvalue weighted by Crippen LogP contribution is 2.62. The Morgan fingerprint density at radius 2 is 1.68 bits per heavy atom. The maximum absolute atomic E-state index is 13.1. The van der Waals surface area contributed by atoms with E-state index in [2.05, 4.69) is 0 Å². The topological polar surface area (TPSA) is 71.1 Å². The average molecular weight is 465 g/mol. The van der Waals surface area contributed by atoms with Gasteiger partial charge in [-0.25, -0.2) is 4.79 Å². The highest BCUT2D eigenvalue weighted by molar-refractivity contribution is 5.91. The second kappa shape index (κ2) is 9.51. The van der Waals surface area contributed by atoms with Gasteiger partial charge in [-0.1, -0.05) is 0 Å². The summed E-state index contributed by atoms with van der Waals surface area (Å²) in [6.07, 6.45) is 8.14. The molecule has 0 radical (unpaired) electrons. The summed E-state index contributed by atoms with van der Waals surface area (Å²) >= 11 is 0. The molecule has 0 saturated heterocycles. The maximum atomic E-state index is 13.1. The predicted octanol–water partition coefficient (Wildman–Crippen LogP) is 5.53. The molecule has 180 valence electrons. The second-order valence-corrected chi connectivity index (χ2v) is 10.1. The SMILES string of the molecule is CCOC(OC)Oc1ccc(C(=O)Oc2ccc(C=O)cc2)cc1C12CC3CC(CC(C3)C1)C2. The molecule has 4 aliphatic rings. The van der Waals surface area contributed by atoms with Crippen LogP contribution in [0.25, 0.3) is 0 Å². The molecular formula is C28H32O6. The zero-order valence-corrected chi connectivity index (χ0v) is 19.8. The first kappa shape index (κ1) is 23.1. The van der Waals surface area contributed by atoms with Crippen molar-refractivity contribution in [1.82, 2.24) is 0 Å². The van der Waals surface area contributed by atoms with E-state index in [1.165, 1.54) is 19.3 Å². The Hall–Kier alpha value is -2.70. The van der Waals surface area contributed by atoms with Crippen molar-refractivity contribution in [2.75, 3.05) is 13.7 Å². The molecular weight excluding hydrogens is 432 g/mol. The lowest BCUT2D eigenvalue weighted by Gasteiger charge is -2.57. The van der Waals surface area contributed by atoms with Gasteiger partial charge < -0.3 is 18.9 Å². The number of aldehydes is 1. The molecule has 6 rings (SSSR count). The summed E-state index contributed by atoms with van der Waals surface area (Å²) in [7, 11) is 1.56. The van der Waals surface area contributed by atoms with Crippen LogP contribution in [0.4, 0.5) is 0 Å². The average Bonchev–Trinajstić information content (AvgIpc) is 2.83. The van der Waals surface area contributed by atoms with Crippen LogP contribution in [-0.4, -0.2) is 32.4 Å². The predicted molar refractivity (Wildman–Crippen MR) is 126 cm³/mol. The number of carbonyl (C=O) groups is 2. The van der Waals surface area contributed by atoms with Gasteiger partial charge in [-0.15, -0.1) is 0 Å². The van der Waals surface area contributed by atoms with Gasteiger partial charge in [-0.3, -0.25) is 4.79 Å². The summed E-state index contributed by atoms with van der Waals surface area (Å²) in [5.74, 6) is 2.94. The number of hydrogen-bond acceptors (Lipinski definition) is 6. The zero-order valence-electron chi connectivity index (χ0n) is 19.8. The third kappa shape index (κ3) is 4.49. The van der Waals surface area contributed by atoms with Crippen LogP contribution in [0.1, 0.15) is 71.7 Å². The van der Waals surface area contributed by atoms with Crippen LogP contribution < -0.4 is 9.47 Å². The van der Waals surface area contributed by atoms with E-state index in [0.717, 1.165) is 48.9 Å². The standard InChI is InChI=1S/C28H32O6/c1-3-32-27(31-2)34-25-9-6-22(26(30)33-23-7-4-18(17-29)5-8-23)13-24(25)28-14-19-10-20(15-28)12-21(11-19)16-28/h4-9,13,17,19-21,27H,3,10-12,14-16H2,1-2H3. The Kier molecular flexibility index (Phi) is 6.45. The molecule has 0 heterocycles. The van der Waals surface area contributed by atoms with Crippen molar-refractivity contribution in [2.45, 2.75) is 57.3 Å². The third-order valence-electron chi connectivity index (χ3n) is 7.77. The Bertz CT molecular complexity index is 1010. The van der Waals surface area contributed by atoms with Crippen molar-refractivity contribution in [2.24, 2.45) is 17.8 Å². The van der Waals surface area contributed by atoms with Crippen LogP contribution in [0.5, 0.6) is 11.5 Å². The van der Waals surface area contributed by atoms with Gasteiger partial charge in [-0.05, 0) is 111 Å². The molecule has 1 atom stereocenters. The molecule has 2 aromatic carbocycles. The molecule has 0 amide bonds. The first-order chi connectivity index (χ1) is 16.5. The van der Waals surface area contributed by atoms with Crippen LogP contribution in [0.15, 0.2) is 42.5 Å². The molecule has 0 aliphatic heterocycles. The summed E-state index contributed by atoms with van der Waals surface area (Å²) in [5.41, 5.74) is 2.10. The molecule has 34 heavy (non-hydrogen) atoms. The molecule has 6 heteroatoms. The summed E-state index contributed by atoms with van der Waals surface area (Å²) in [4.78, 5) is 24.0. The van der Waals surface area contributed by atoms with Crippen molar-refractivity contribution >= 4 is 12.3 Å². The van der Waals surface area contributed by atoms with Gasteiger partial charge in [-0.2, -0.15) is 0 Å². The highest BCUT2D eigenvalue weighted by Gasteiger charge is 2.52. The van der Waals surface area contributed by atoms with E-state index in [1.807, 2.05) is 19.1 Å². The first-order valence-electron chi connectivity index (χ1n) is 12.2. The Balaban J connectivity index is 1.47. The summed E-state index contributed by atoms with van der Waals surface area (Å²) in [6, 6.07) is 12.1. The van der Waals surface area contributed by atoms with Crippen molar-refractivity contribution in [1.29, 1.82) is 0 Å². The van der Waals surface area contributed by atoms with E-state index < -0.39 is 12.4 Å². The van der Waals surface area contributed by atoms with Gasteiger partial charge in [0.2, 0.25) is 0 Å². The van der Waals surface area contributed by atoms with Gasteiger partial charge in [0.15, 0.2) is 0 Å². The molecule has 1 unspecified atom stereocenters. The molecule has 2 aromatic rings. The van der Waals surface area contributed by atoms with Crippen LogP contribution in [-0.2, 0) is 14.9 Å². The lowest BCUT2D eigenvalue weighted by molar-refractivity contribution is -0.231. The third-order valence-corrected chi connectivity index (χ3v) is 7.77. The van der Waals surface area contributed by atoms with E-state index in [0.29, 0.717) is 29.2 Å². The van der Waals surface area contributed by atoms with Crippen LogP contribution >= 0.6 is 0 Å². The van der Waals surface area contributed by atoms with E-state index in [9.17, 15) is 9.59 Å². The van der Waals surface area contributed by atoms with Crippen molar-refractivity contribution in [3.63, 3.8) is 0 Å². The Morgan fingerprint density at radius 1 is 1.03 bits per heavy atom. The number of carbonyl (C=O) groups excluding carboxylic acids is 2. The van der Waals surface area contributed by atoms with Gasteiger partial charge in [0.1, 0.15) is 17.8 Å². The lowest BCUT2D eigenvalue weighted by Crippen LogP contribution is -2.48. The number of esters is 1. The summed E-state index contributed by atoms with van der Waals surface area (Å²) in [5, 5.41) is 0. The minimum Gasteiger partial charge on any atom is -0.441 e. The zero-order chi connectivity index (χ0) is 23.7. The largest absolute Gasteiger partial charge is 0.441 e. The van der Waals surface area contributed by atoms with Gasteiger partial charge in [0.25, 0.3) is 0 Å². The van der Waals surface area contributed by atoms with Crippen LogP contribution in [0, 0.1) is 17.8 Å². The van der Waals surface area contributed by atoms with Crippen LogP contribution in [0.2, 0.25) is 0 Å². The van der Waals surface area contributed by atoms with Gasteiger partial charge in [0.05, 0.1) is 12.2 Å². The number of ether oxygens (including phenoxy) is 4. The van der Waals surface area contributed by atoms with Gasteiger partial charge in [0, 0.05) is 18.2 Å². The van der Waals surface area contributed by atoms with Crippen molar-refractivity contribution < 1.29 is 28.5 Å². The first-order valence-corrected chi connectivity index (χ1v) is 12.2. The normalized spacial score (nSPS) is 27.9. The van der Waals surface area contributed by atoms with Crippen molar-refractivity contribution in [3.8, 4) is 11.5 Å². The van der Waals surface area contributed by atoms with E-state index in [1.54, 1.807) is 37.4 Å².